The van der Waals surface area contributed by atoms with Crippen LogP contribution in [0.4, 0.5) is 0 Å². The minimum absolute atomic E-state index is 0.145. The van der Waals surface area contributed by atoms with Crippen molar-refractivity contribution >= 4 is 27.6 Å². The van der Waals surface area contributed by atoms with Crippen LogP contribution in [-0.2, 0) is 10.0 Å². The first-order chi connectivity index (χ1) is 10.5. The number of guanidine groups is 1. The molecule has 1 aromatic rings. The van der Waals surface area contributed by atoms with Gasteiger partial charge in [-0.05, 0) is 37.0 Å². The number of benzene rings is 1. The predicted molar refractivity (Wildman–Crippen MR) is 88.5 cm³/mol. The van der Waals surface area contributed by atoms with Crippen molar-refractivity contribution in [3.63, 3.8) is 0 Å². The number of rotatable bonds is 7. The lowest BCUT2D eigenvalue weighted by Gasteiger charge is -2.23. The summed E-state index contributed by atoms with van der Waals surface area (Å²) in [6.07, 6.45) is 3.71. The first kappa shape index (κ1) is 17.1. The van der Waals surface area contributed by atoms with E-state index in [0.717, 1.165) is 6.54 Å². The molecule has 1 fully saturated rings. The van der Waals surface area contributed by atoms with Gasteiger partial charge in [0, 0.05) is 24.7 Å². The minimum atomic E-state index is -3.56. The highest BCUT2D eigenvalue weighted by Crippen LogP contribution is 2.26. The Kier molecular flexibility index (Phi) is 6.05. The molecule has 1 saturated carbocycles. The van der Waals surface area contributed by atoms with Gasteiger partial charge in [0.1, 0.15) is 0 Å². The largest absolute Gasteiger partial charge is 0.370 e. The molecule has 4 N–H and O–H groups in total. The maximum Gasteiger partial charge on any atom is 0.240 e. The zero-order valence-corrected chi connectivity index (χ0v) is 13.8. The number of hydrogen-bond acceptors (Lipinski definition) is 3. The monoisotopic (exact) mass is 344 g/mol. The number of halogens is 1. The lowest BCUT2D eigenvalue weighted by atomic mass is 9.86. The molecule has 22 heavy (non-hydrogen) atoms. The Labute approximate surface area is 136 Å². The van der Waals surface area contributed by atoms with Crippen LogP contribution in [0.15, 0.2) is 34.2 Å². The molecule has 1 aliphatic rings. The molecule has 8 heteroatoms. The molecular formula is C14H21ClN4O2S. The van der Waals surface area contributed by atoms with Crippen molar-refractivity contribution in [1.29, 1.82) is 0 Å². The normalized spacial score (nSPS) is 16.3. The molecule has 1 aromatic carbocycles. The predicted octanol–water partition coefficient (Wildman–Crippen LogP) is 1.32. The first-order valence-electron chi connectivity index (χ1n) is 7.26. The second kappa shape index (κ2) is 7.80. The average Bonchev–Trinajstić information content (AvgIpc) is 2.42. The fraction of sp³-hybridized carbons (Fsp3) is 0.500. The van der Waals surface area contributed by atoms with Crippen molar-refractivity contribution in [2.24, 2.45) is 16.6 Å². The first-order valence-corrected chi connectivity index (χ1v) is 9.12. The van der Waals surface area contributed by atoms with Gasteiger partial charge in [-0.3, -0.25) is 4.99 Å². The molecule has 2 rings (SSSR count). The highest BCUT2D eigenvalue weighted by atomic mass is 35.5. The van der Waals surface area contributed by atoms with E-state index in [2.05, 4.69) is 15.0 Å². The Morgan fingerprint density at radius 2 is 2.14 bits per heavy atom. The lowest BCUT2D eigenvalue weighted by Crippen LogP contribution is -2.38. The number of nitrogens with one attached hydrogen (secondary N) is 2. The van der Waals surface area contributed by atoms with Gasteiger partial charge in [-0.1, -0.05) is 24.1 Å². The third-order valence-corrected chi connectivity index (χ3v) is 5.27. The number of nitrogens with zero attached hydrogens (tertiary/aromatic N) is 1. The Hall–Kier alpha value is -1.31. The van der Waals surface area contributed by atoms with E-state index in [9.17, 15) is 8.42 Å². The van der Waals surface area contributed by atoms with Gasteiger partial charge in [0.05, 0.1) is 4.90 Å². The summed E-state index contributed by atoms with van der Waals surface area (Å²) in [7, 11) is -3.56. The Balaban J connectivity index is 1.73. The maximum absolute atomic E-state index is 12.0. The summed E-state index contributed by atoms with van der Waals surface area (Å²) in [5.74, 6) is 1.01. The fourth-order valence-electron chi connectivity index (χ4n) is 2.05. The molecule has 0 bridgehead atoms. The standard InChI is InChI=1S/C14H21ClN4O2S/c15-12-5-2-6-13(9-12)22(20,21)19-8-7-17-14(16)18-10-11-3-1-4-11/h2,5-6,9,11,19H,1,3-4,7-8,10H2,(H3,16,17,18). The fourth-order valence-corrected chi connectivity index (χ4v) is 3.38. The maximum atomic E-state index is 12.0. The molecule has 0 spiro atoms. The van der Waals surface area contributed by atoms with Crippen LogP contribution in [0, 0.1) is 5.92 Å². The summed E-state index contributed by atoms with van der Waals surface area (Å²) in [5, 5.41) is 3.28. The molecular weight excluding hydrogens is 324 g/mol. The van der Waals surface area contributed by atoms with Crippen LogP contribution in [0.1, 0.15) is 19.3 Å². The van der Waals surface area contributed by atoms with Gasteiger partial charge < -0.3 is 11.1 Å². The van der Waals surface area contributed by atoms with Gasteiger partial charge >= 0.3 is 0 Å². The van der Waals surface area contributed by atoms with Crippen LogP contribution in [-0.4, -0.2) is 34.0 Å². The van der Waals surface area contributed by atoms with E-state index >= 15 is 0 Å². The average molecular weight is 345 g/mol. The Morgan fingerprint density at radius 3 is 2.77 bits per heavy atom. The van der Waals surface area contributed by atoms with Crippen LogP contribution in [0.5, 0.6) is 0 Å². The minimum Gasteiger partial charge on any atom is -0.370 e. The topological polar surface area (TPSA) is 96.6 Å². The molecule has 0 unspecified atom stereocenters. The quantitative estimate of drug-likeness (QED) is 0.395. The smallest absolute Gasteiger partial charge is 0.240 e. The highest BCUT2D eigenvalue weighted by Gasteiger charge is 2.16. The number of aliphatic imine (C=N–C) groups is 1. The van der Waals surface area contributed by atoms with Crippen molar-refractivity contribution in [3.8, 4) is 0 Å². The zero-order chi connectivity index (χ0) is 16.0. The van der Waals surface area contributed by atoms with Gasteiger partial charge in [-0.25, -0.2) is 13.1 Å². The molecule has 0 aromatic heterocycles. The van der Waals surface area contributed by atoms with Crippen LogP contribution < -0.4 is 15.8 Å². The van der Waals surface area contributed by atoms with Crippen molar-refractivity contribution in [2.45, 2.75) is 24.2 Å². The molecule has 0 aliphatic heterocycles. The van der Waals surface area contributed by atoms with Gasteiger partial charge in [-0.15, -0.1) is 0 Å². The number of sulfonamides is 1. The summed E-state index contributed by atoms with van der Waals surface area (Å²) in [6, 6.07) is 6.13. The van der Waals surface area contributed by atoms with Crippen LogP contribution in [0.2, 0.25) is 5.02 Å². The van der Waals surface area contributed by atoms with E-state index < -0.39 is 10.0 Å². The summed E-state index contributed by atoms with van der Waals surface area (Å²) >= 11 is 5.79. The van der Waals surface area contributed by atoms with Crippen molar-refractivity contribution in [1.82, 2.24) is 10.0 Å². The molecule has 6 nitrogen and oxygen atoms in total. The second-order valence-corrected chi connectivity index (χ2v) is 7.51. The van der Waals surface area contributed by atoms with E-state index in [4.69, 9.17) is 17.3 Å². The van der Waals surface area contributed by atoms with Gasteiger partial charge in [0.25, 0.3) is 0 Å². The molecule has 1 aliphatic carbocycles. The summed E-state index contributed by atoms with van der Waals surface area (Å²) in [6.45, 7) is 1.33. The van der Waals surface area contributed by atoms with E-state index in [1.54, 1.807) is 12.1 Å². The van der Waals surface area contributed by atoms with E-state index in [1.165, 1.54) is 31.4 Å². The Bertz CT molecular complexity index is 629. The number of hydrogen-bond donors (Lipinski definition) is 3. The zero-order valence-electron chi connectivity index (χ0n) is 12.3. The summed E-state index contributed by atoms with van der Waals surface area (Å²) in [4.78, 5) is 4.38. The van der Waals surface area contributed by atoms with E-state index in [1.807, 2.05) is 0 Å². The third-order valence-electron chi connectivity index (χ3n) is 3.57. The number of nitrogens with two attached hydrogens (primary N) is 1. The van der Waals surface area contributed by atoms with E-state index in [0.29, 0.717) is 23.4 Å². The van der Waals surface area contributed by atoms with Gasteiger partial charge in [0.15, 0.2) is 5.96 Å². The SMILES string of the molecule is NC(=NCC1CCC1)NCCNS(=O)(=O)c1cccc(Cl)c1. The van der Waals surface area contributed by atoms with Crippen LogP contribution >= 0.6 is 11.6 Å². The van der Waals surface area contributed by atoms with E-state index in [-0.39, 0.29) is 11.4 Å². The Morgan fingerprint density at radius 1 is 1.36 bits per heavy atom. The molecule has 0 saturated heterocycles. The third kappa shape index (κ3) is 5.15. The molecule has 0 heterocycles. The van der Waals surface area contributed by atoms with Gasteiger partial charge in [0.2, 0.25) is 10.0 Å². The van der Waals surface area contributed by atoms with Crippen LogP contribution in [0.3, 0.4) is 0 Å². The molecule has 0 radical (unpaired) electrons. The van der Waals surface area contributed by atoms with Crippen LogP contribution in [0.25, 0.3) is 0 Å². The van der Waals surface area contributed by atoms with Crippen molar-refractivity contribution < 1.29 is 8.42 Å². The summed E-state index contributed by atoms with van der Waals surface area (Å²) in [5.41, 5.74) is 5.73. The van der Waals surface area contributed by atoms with Crippen molar-refractivity contribution in [2.75, 3.05) is 19.6 Å². The molecule has 0 amide bonds. The van der Waals surface area contributed by atoms with Crippen molar-refractivity contribution in [3.05, 3.63) is 29.3 Å². The highest BCUT2D eigenvalue weighted by molar-refractivity contribution is 7.89. The lowest BCUT2D eigenvalue weighted by molar-refractivity contribution is 0.326. The molecule has 0 atom stereocenters. The summed E-state index contributed by atoms with van der Waals surface area (Å²) < 4.78 is 26.5. The van der Waals surface area contributed by atoms with Gasteiger partial charge in [-0.2, -0.15) is 0 Å². The second-order valence-electron chi connectivity index (χ2n) is 5.30. The molecule has 122 valence electrons.